The molecule has 2 aromatic rings. The molecule has 0 radical (unpaired) electrons. The number of hydrogen-bond acceptors (Lipinski definition) is 2. The zero-order valence-electron chi connectivity index (χ0n) is 11.6. The third-order valence-electron chi connectivity index (χ3n) is 3.46. The summed E-state index contributed by atoms with van der Waals surface area (Å²) in [5.74, 6) is 1.67. The van der Waals surface area contributed by atoms with Crippen LogP contribution in [0.25, 0.3) is 17.7 Å². The summed E-state index contributed by atoms with van der Waals surface area (Å²) in [4.78, 5) is 0. The summed E-state index contributed by atoms with van der Waals surface area (Å²) >= 11 is 0. The first-order chi connectivity index (χ1) is 9.81. The summed E-state index contributed by atoms with van der Waals surface area (Å²) in [6, 6.07) is 14.2. The van der Waals surface area contributed by atoms with Crippen molar-refractivity contribution in [1.82, 2.24) is 0 Å². The third kappa shape index (κ3) is 2.21. The molecule has 0 heterocycles. The highest BCUT2D eigenvalue weighted by Gasteiger charge is 2.11. The predicted octanol–water partition coefficient (Wildman–Crippen LogP) is 4.27. The lowest BCUT2D eigenvalue weighted by Gasteiger charge is -2.08. The van der Waals surface area contributed by atoms with Gasteiger partial charge in [-0.25, -0.2) is 0 Å². The molecule has 0 saturated carbocycles. The van der Waals surface area contributed by atoms with Gasteiger partial charge in [-0.15, -0.1) is 0 Å². The van der Waals surface area contributed by atoms with E-state index in [0.717, 1.165) is 17.1 Å². The van der Waals surface area contributed by atoms with E-state index in [1.807, 2.05) is 18.2 Å². The van der Waals surface area contributed by atoms with E-state index in [2.05, 4.69) is 42.5 Å². The molecule has 0 unspecified atom stereocenters. The second-order valence-electron chi connectivity index (χ2n) is 4.63. The topological polar surface area (TPSA) is 18.5 Å². The Kier molecular flexibility index (Phi) is 3.30. The normalized spacial score (nSPS) is 14.4. The van der Waals surface area contributed by atoms with Crippen molar-refractivity contribution in [2.45, 2.75) is 0 Å². The number of benzene rings is 2. The Labute approximate surface area is 119 Å². The molecule has 0 N–H and O–H groups in total. The van der Waals surface area contributed by atoms with Crippen LogP contribution in [-0.4, -0.2) is 14.2 Å². The van der Waals surface area contributed by atoms with Crippen LogP contribution in [0, 0.1) is 0 Å². The second kappa shape index (κ2) is 5.25. The first kappa shape index (κ1) is 12.5. The third-order valence-corrected chi connectivity index (χ3v) is 3.46. The van der Waals surface area contributed by atoms with Crippen molar-refractivity contribution in [1.29, 1.82) is 0 Å². The summed E-state index contributed by atoms with van der Waals surface area (Å²) in [7, 11) is 3.35. The molecular weight excluding hydrogens is 248 g/mol. The summed E-state index contributed by atoms with van der Waals surface area (Å²) in [5, 5.41) is 0. The number of rotatable bonds is 3. The van der Waals surface area contributed by atoms with Crippen LogP contribution in [0.5, 0.6) is 11.5 Å². The largest absolute Gasteiger partial charge is 0.497 e. The van der Waals surface area contributed by atoms with Gasteiger partial charge in [0.05, 0.1) is 14.2 Å². The van der Waals surface area contributed by atoms with Crippen molar-refractivity contribution < 1.29 is 9.47 Å². The molecule has 20 heavy (non-hydrogen) atoms. The quantitative estimate of drug-likeness (QED) is 0.824. The Bertz CT molecular complexity index is 696. The summed E-state index contributed by atoms with van der Waals surface area (Å²) in [6.07, 6.45) is 6.39. The van der Waals surface area contributed by atoms with Crippen LogP contribution in [0.4, 0.5) is 0 Å². The Hall–Kier alpha value is -2.48. The summed E-state index contributed by atoms with van der Waals surface area (Å²) in [6.45, 7) is 0. The van der Waals surface area contributed by atoms with Crippen LogP contribution in [0.3, 0.4) is 0 Å². The molecule has 0 saturated heterocycles. The van der Waals surface area contributed by atoms with Crippen LogP contribution in [0.1, 0.15) is 16.7 Å². The Balaban J connectivity index is 2.07. The summed E-state index contributed by atoms with van der Waals surface area (Å²) < 4.78 is 10.7. The molecule has 2 aromatic carbocycles. The molecule has 0 spiro atoms. The number of hydrogen-bond donors (Lipinski definition) is 0. The molecule has 1 aliphatic rings. The van der Waals surface area contributed by atoms with E-state index < -0.39 is 0 Å². The SMILES string of the molecule is COc1ccc(OC)c(/C=C2\C=Cc3ccccc32)c1. The molecule has 0 aromatic heterocycles. The van der Waals surface area contributed by atoms with Gasteiger partial charge >= 0.3 is 0 Å². The zero-order chi connectivity index (χ0) is 13.9. The molecule has 0 fully saturated rings. The molecular formula is C18H16O2. The fourth-order valence-corrected chi connectivity index (χ4v) is 2.42. The molecule has 3 rings (SSSR count). The summed E-state index contributed by atoms with van der Waals surface area (Å²) in [5.41, 5.74) is 4.70. The smallest absolute Gasteiger partial charge is 0.126 e. The van der Waals surface area contributed by atoms with Gasteiger partial charge in [-0.1, -0.05) is 36.4 Å². The van der Waals surface area contributed by atoms with Crippen molar-refractivity contribution in [3.8, 4) is 11.5 Å². The highest BCUT2D eigenvalue weighted by molar-refractivity contribution is 5.98. The first-order valence-corrected chi connectivity index (χ1v) is 6.53. The van der Waals surface area contributed by atoms with E-state index in [9.17, 15) is 0 Å². The van der Waals surface area contributed by atoms with Crippen molar-refractivity contribution in [3.05, 3.63) is 65.2 Å². The van der Waals surface area contributed by atoms with Gasteiger partial charge in [0.2, 0.25) is 0 Å². The van der Waals surface area contributed by atoms with Crippen molar-refractivity contribution in [2.75, 3.05) is 14.2 Å². The number of fused-ring (bicyclic) bond motifs is 1. The molecule has 0 atom stereocenters. The highest BCUT2D eigenvalue weighted by Crippen LogP contribution is 2.33. The van der Waals surface area contributed by atoms with Gasteiger partial charge in [0, 0.05) is 5.56 Å². The maximum absolute atomic E-state index is 5.42. The number of allylic oxidation sites excluding steroid dienone is 2. The first-order valence-electron chi connectivity index (χ1n) is 6.53. The van der Waals surface area contributed by atoms with Gasteiger partial charge in [-0.3, -0.25) is 0 Å². The Morgan fingerprint density at radius 3 is 2.55 bits per heavy atom. The standard InChI is InChI=1S/C18H16O2/c1-19-16-9-10-18(20-2)15(12-16)11-14-8-7-13-5-3-4-6-17(13)14/h3-12H,1-2H3/b14-11+. The van der Waals surface area contributed by atoms with Gasteiger partial charge < -0.3 is 9.47 Å². The molecule has 2 nitrogen and oxygen atoms in total. The van der Waals surface area contributed by atoms with E-state index >= 15 is 0 Å². The average Bonchev–Trinajstić information content (AvgIpc) is 2.90. The van der Waals surface area contributed by atoms with Gasteiger partial charge in [-0.05, 0) is 41.0 Å². The van der Waals surface area contributed by atoms with Crippen molar-refractivity contribution >= 4 is 17.7 Å². The number of methoxy groups -OCH3 is 2. The van der Waals surface area contributed by atoms with Crippen LogP contribution in [0.15, 0.2) is 48.5 Å². The Morgan fingerprint density at radius 1 is 0.900 bits per heavy atom. The van der Waals surface area contributed by atoms with E-state index in [0.29, 0.717) is 0 Å². The Morgan fingerprint density at radius 2 is 1.75 bits per heavy atom. The molecule has 1 aliphatic carbocycles. The van der Waals surface area contributed by atoms with Crippen LogP contribution < -0.4 is 9.47 Å². The monoisotopic (exact) mass is 264 g/mol. The minimum atomic E-state index is 0.827. The minimum absolute atomic E-state index is 0.827. The second-order valence-corrected chi connectivity index (χ2v) is 4.63. The number of ether oxygens (including phenoxy) is 2. The van der Waals surface area contributed by atoms with E-state index in [4.69, 9.17) is 9.47 Å². The lowest BCUT2D eigenvalue weighted by Crippen LogP contribution is -1.90. The fraction of sp³-hybridized carbons (Fsp3) is 0.111. The highest BCUT2D eigenvalue weighted by atomic mass is 16.5. The van der Waals surface area contributed by atoms with E-state index in [-0.39, 0.29) is 0 Å². The van der Waals surface area contributed by atoms with Gasteiger partial charge in [-0.2, -0.15) is 0 Å². The molecule has 2 heteroatoms. The van der Waals surface area contributed by atoms with E-state index in [1.54, 1.807) is 14.2 Å². The molecule has 100 valence electrons. The van der Waals surface area contributed by atoms with Gasteiger partial charge in [0.1, 0.15) is 11.5 Å². The average molecular weight is 264 g/mol. The maximum atomic E-state index is 5.42. The van der Waals surface area contributed by atoms with Gasteiger partial charge in [0.25, 0.3) is 0 Å². The molecule has 0 amide bonds. The van der Waals surface area contributed by atoms with Crippen molar-refractivity contribution in [3.63, 3.8) is 0 Å². The predicted molar refractivity (Wildman–Crippen MR) is 82.9 cm³/mol. The van der Waals surface area contributed by atoms with E-state index in [1.165, 1.54) is 16.7 Å². The molecule has 0 aliphatic heterocycles. The van der Waals surface area contributed by atoms with Crippen LogP contribution >= 0.6 is 0 Å². The fourth-order valence-electron chi connectivity index (χ4n) is 2.42. The lowest BCUT2D eigenvalue weighted by molar-refractivity contribution is 0.402. The maximum Gasteiger partial charge on any atom is 0.126 e. The lowest BCUT2D eigenvalue weighted by atomic mass is 10.0. The minimum Gasteiger partial charge on any atom is -0.497 e. The van der Waals surface area contributed by atoms with Gasteiger partial charge in [0.15, 0.2) is 0 Å². The van der Waals surface area contributed by atoms with Crippen LogP contribution in [0.2, 0.25) is 0 Å². The van der Waals surface area contributed by atoms with Crippen molar-refractivity contribution in [2.24, 2.45) is 0 Å². The van der Waals surface area contributed by atoms with Crippen LogP contribution in [-0.2, 0) is 0 Å². The zero-order valence-corrected chi connectivity index (χ0v) is 11.6. The molecule has 0 bridgehead atoms.